The summed E-state index contributed by atoms with van der Waals surface area (Å²) in [6, 6.07) is 17.2. The summed E-state index contributed by atoms with van der Waals surface area (Å²) in [5.41, 5.74) is 2.82. The van der Waals surface area contributed by atoms with E-state index < -0.39 is 5.97 Å². The molecule has 0 saturated carbocycles. The summed E-state index contributed by atoms with van der Waals surface area (Å²) in [5, 5.41) is 10.8. The minimum Gasteiger partial charge on any atom is -0.478 e. The van der Waals surface area contributed by atoms with Crippen LogP contribution < -0.4 is 0 Å². The van der Waals surface area contributed by atoms with Crippen LogP contribution in [0.2, 0.25) is 10.0 Å². The molecular weight excluding hydrogens is 435 g/mol. The van der Waals surface area contributed by atoms with Gasteiger partial charge in [0.25, 0.3) is 5.91 Å². The van der Waals surface area contributed by atoms with Crippen molar-refractivity contribution in [1.82, 2.24) is 9.88 Å². The fourth-order valence-electron chi connectivity index (χ4n) is 3.90. The molecular formula is C24H20Cl2N2O3. The second-order valence-corrected chi connectivity index (χ2v) is 8.38. The zero-order valence-electron chi connectivity index (χ0n) is 16.6. The first-order valence-corrected chi connectivity index (χ1v) is 10.7. The number of carboxylic acid groups (broad SMARTS) is 1. The third-order valence-electron chi connectivity index (χ3n) is 5.46. The normalized spacial score (nSPS) is 15.8. The van der Waals surface area contributed by atoms with Crippen molar-refractivity contribution in [3.05, 3.63) is 98.8 Å². The van der Waals surface area contributed by atoms with Crippen LogP contribution in [0.1, 0.15) is 56.6 Å². The third kappa shape index (κ3) is 4.73. The van der Waals surface area contributed by atoms with Gasteiger partial charge in [-0.2, -0.15) is 0 Å². The smallest absolute Gasteiger partial charge is 0.337 e. The lowest BCUT2D eigenvalue weighted by atomic mass is 10.0. The van der Waals surface area contributed by atoms with Gasteiger partial charge in [0.1, 0.15) is 0 Å². The van der Waals surface area contributed by atoms with Gasteiger partial charge in [-0.25, -0.2) is 4.79 Å². The molecule has 0 bridgehead atoms. The number of hydrogen-bond donors (Lipinski definition) is 1. The number of aromatic nitrogens is 1. The van der Waals surface area contributed by atoms with Gasteiger partial charge < -0.3 is 10.0 Å². The number of pyridine rings is 1. The highest BCUT2D eigenvalue weighted by Gasteiger charge is 2.32. The number of likely N-dealkylation sites (tertiary alicyclic amines) is 1. The molecule has 5 nitrogen and oxygen atoms in total. The Bertz CT molecular complexity index is 1110. The summed E-state index contributed by atoms with van der Waals surface area (Å²) in [5.74, 6) is -1.11. The molecule has 0 unspecified atom stereocenters. The average molecular weight is 455 g/mol. The molecule has 2 heterocycles. The van der Waals surface area contributed by atoms with Crippen molar-refractivity contribution in [2.24, 2.45) is 0 Å². The lowest BCUT2D eigenvalue weighted by molar-refractivity contribution is 0.0690. The zero-order chi connectivity index (χ0) is 22.0. The van der Waals surface area contributed by atoms with E-state index in [2.05, 4.69) is 0 Å². The maximum atomic E-state index is 13.1. The highest BCUT2D eigenvalue weighted by Crippen LogP contribution is 2.33. The molecule has 0 aliphatic carbocycles. The zero-order valence-corrected chi connectivity index (χ0v) is 18.1. The fourth-order valence-corrected chi connectivity index (χ4v) is 4.16. The minimum atomic E-state index is -1.02. The number of halogens is 2. The summed E-state index contributed by atoms with van der Waals surface area (Å²) < 4.78 is 0. The number of carboxylic acids is 1. The Morgan fingerprint density at radius 3 is 2.26 bits per heavy atom. The van der Waals surface area contributed by atoms with E-state index in [1.54, 1.807) is 53.4 Å². The van der Waals surface area contributed by atoms with E-state index >= 15 is 0 Å². The van der Waals surface area contributed by atoms with Crippen LogP contribution in [0, 0.1) is 0 Å². The average Bonchev–Trinajstić information content (AvgIpc) is 3.25. The van der Waals surface area contributed by atoms with Crippen LogP contribution in [-0.4, -0.2) is 33.4 Å². The largest absolute Gasteiger partial charge is 0.478 e. The van der Waals surface area contributed by atoms with Crippen molar-refractivity contribution in [2.45, 2.75) is 25.3 Å². The maximum absolute atomic E-state index is 13.1. The Hall–Kier alpha value is -2.89. The Morgan fingerprint density at radius 1 is 0.968 bits per heavy atom. The van der Waals surface area contributed by atoms with E-state index in [0.717, 1.165) is 18.4 Å². The van der Waals surface area contributed by atoms with Crippen molar-refractivity contribution in [3.8, 4) is 0 Å². The van der Waals surface area contributed by atoms with Gasteiger partial charge in [0, 0.05) is 28.6 Å². The number of benzene rings is 2. The topological polar surface area (TPSA) is 70.5 Å². The van der Waals surface area contributed by atoms with E-state index in [1.165, 1.54) is 0 Å². The maximum Gasteiger partial charge on any atom is 0.337 e. The van der Waals surface area contributed by atoms with E-state index in [0.29, 0.717) is 40.0 Å². The molecule has 3 aromatic rings. The van der Waals surface area contributed by atoms with E-state index in [-0.39, 0.29) is 17.5 Å². The van der Waals surface area contributed by atoms with Crippen LogP contribution >= 0.6 is 23.2 Å². The van der Waals surface area contributed by atoms with Gasteiger partial charge in [-0.05, 0) is 66.9 Å². The van der Waals surface area contributed by atoms with Crippen molar-refractivity contribution in [2.75, 3.05) is 6.54 Å². The molecule has 1 amide bonds. The summed E-state index contributed by atoms with van der Waals surface area (Å²) in [6.07, 6.45) is 2.00. The standard InChI is InChI=1S/C24H20Cl2N2O3/c25-17-7-3-15(4-8-17)14-21-19(24(30)31)11-12-20(27-21)22-2-1-13-28(22)23(29)16-5-9-18(26)10-6-16/h3-12,22H,1-2,13-14H2,(H,30,31)/t22-/m1/s1. The lowest BCUT2D eigenvalue weighted by Gasteiger charge is -2.25. The van der Waals surface area contributed by atoms with Gasteiger partial charge in [0.15, 0.2) is 0 Å². The number of hydrogen-bond acceptors (Lipinski definition) is 3. The summed E-state index contributed by atoms with van der Waals surface area (Å²) in [4.78, 5) is 31.3. The van der Waals surface area contributed by atoms with Crippen molar-refractivity contribution < 1.29 is 14.7 Å². The summed E-state index contributed by atoms with van der Waals surface area (Å²) >= 11 is 11.9. The van der Waals surface area contributed by atoms with Crippen LogP contribution in [-0.2, 0) is 6.42 Å². The Morgan fingerprint density at radius 2 is 1.61 bits per heavy atom. The molecule has 1 atom stereocenters. The number of carbonyl (C=O) groups excluding carboxylic acids is 1. The SMILES string of the molecule is O=C(O)c1ccc([C@H]2CCCN2C(=O)c2ccc(Cl)cc2)nc1Cc1ccc(Cl)cc1. The summed E-state index contributed by atoms with van der Waals surface area (Å²) in [7, 11) is 0. The Kier molecular flexibility index (Phi) is 6.25. The van der Waals surface area contributed by atoms with E-state index in [4.69, 9.17) is 28.2 Å². The molecule has 1 saturated heterocycles. The monoisotopic (exact) mass is 454 g/mol. The van der Waals surface area contributed by atoms with E-state index in [9.17, 15) is 14.7 Å². The first kappa shape index (κ1) is 21.3. The second-order valence-electron chi connectivity index (χ2n) is 7.50. The molecule has 2 aromatic carbocycles. The van der Waals surface area contributed by atoms with Gasteiger partial charge in [-0.1, -0.05) is 35.3 Å². The lowest BCUT2D eigenvalue weighted by Crippen LogP contribution is -2.31. The molecule has 1 N–H and O–H groups in total. The minimum absolute atomic E-state index is 0.0810. The van der Waals surface area contributed by atoms with Crippen LogP contribution in [0.3, 0.4) is 0 Å². The molecule has 1 aliphatic rings. The van der Waals surface area contributed by atoms with Crippen LogP contribution in [0.25, 0.3) is 0 Å². The molecule has 0 spiro atoms. The van der Waals surface area contributed by atoms with Gasteiger partial charge in [-0.3, -0.25) is 9.78 Å². The molecule has 0 radical (unpaired) electrons. The number of nitrogens with zero attached hydrogens (tertiary/aromatic N) is 2. The number of aromatic carboxylic acids is 1. The first-order chi connectivity index (χ1) is 14.9. The highest BCUT2D eigenvalue weighted by molar-refractivity contribution is 6.30. The third-order valence-corrected chi connectivity index (χ3v) is 5.96. The van der Waals surface area contributed by atoms with Crippen LogP contribution in [0.15, 0.2) is 60.7 Å². The predicted molar refractivity (Wildman–Crippen MR) is 120 cm³/mol. The molecule has 4 rings (SSSR count). The van der Waals surface area contributed by atoms with Gasteiger partial charge in [0.05, 0.1) is 23.0 Å². The van der Waals surface area contributed by atoms with Gasteiger partial charge >= 0.3 is 5.97 Å². The van der Waals surface area contributed by atoms with Crippen LogP contribution in [0.5, 0.6) is 0 Å². The first-order valence-electron chi connectivity index (χ1n) is 9.96. The predicted octanol–water partition coefficient (Wildman–Crippen LogP) is 5.65. The molecule has 1 aromatic heterocycles. The van der Waals surface area contributed by atoms with Crippen molar-refractivity contribution in [3.63, 3.8) is 0 Å². The highest BCUT2D eigenvalue weighted by atomic mass is 35.5. The quantitative estimate of drug-likeness (QED) is 0.540. The van der Waals surface area contributed by atoms with Crippen molar-refractivity contribution in [1.29, 1.82) is 0 Å². The molecule has 1 fully saturated rings. The van der Waals surface area contributed by atoms with E-state index in [1.807, 2.05) is 12.1 Å². The van der Waals surface area contributed by atoms with Gasteiger partial charge in [-0.15, -0.1) is 0 Å². The number of rotatable bonds is 5. The van der Waals surface area contributed by atoms with Gasteiger partial charge in [0.2, 0.25) is 0 Å². The fraction of sp³-hybridized carbons (Fsp3) is 0.208. The Balaban J connectivity index is 1.64. The number of amides is 1. The van der Waals surface area contributed by atoms with Crippen LogP contribution in [0.4, 0.5) is 0 Å². The molecule has 158 valence electrons. The summed E-state index contributed by atoms with van der Waals surface area (Å²) in [6.45, 7) is 0.626. The number of carbonyl (C=O) groups is 2. The Labute approximate surface area is 190 Å². The molecule has 31 heavy (non-hydrogen) atoms. The molecule has 1 aliphatic heterocycles. The molecule has 7 heteroatoms. The second kappa shape index (κ2) is 9.08. The van der Waals surface area contributed by atoms with Crippen molar-refractivity contribution >= 4 is 35.1 Å².